The van der Waals surface area contributed by atoms with Crippen LogP contribution >= 0.6 is 11.3 Å². The summed E-state index contributed by atoms with van der Waals surface area (Å²) in [4.78, 5) is 4.22. The van der Waals surface area contributed by atoms with Crippen LogP contribution in [0, 0.1) is 5.82 Å². The molecule has 2 rings (SSSR count). The lowest BCUT2D eigenvalue weighted by Gasteiger charge is -2.13. The smallest absolute Gasteiger partial charge is 0.123 e. The Morgan fingerprint density at radius 2 is 2.35 bits per heavy atom. The van der Waals surface area contributed by atoms with Gasteiger partial charge >= 0.3 is 0 Å². The predicted octanol–water partition coefficient (Wildman–Crippen LogP) is 3.18. The maximum atomic E-state index is 13.0. The van der Waals surface area contributed by atoms with Crippen LogP contribution in [0.1, 0.15) is 23.5 Å². The molecule has 90 valence electrons. The summed E-state index contributed by atoms with van der Waals surface area (Å²) in [5, 5.41) is 6.47. The minimum absolute atomic E-state index is 0.158. The number of halogens is 1. The Bertz CT molecular complexity index is 456. The fraction of sp³-hybridized carbons (Fsp3) is 0.308. The SMILES string of the molecule is CC(NCCc1nccs1)c1cccc(F)c1. The number of thiazole rings is 1. The summed E-state index contributed by atoms with van der Waals surface area (Å²) < 4.78 is 13.0. The van der Waals surface area contributed by atoms with Crippen LogP contribution in [0.5, 0.6) is 0 Å². The van der Waals surface area contributed by atoms with E-state index < -0.39 is 0 Å². The molecule has 0 aliphatic carbocycles. The van der Waals surface area contributed by atoms with Crippen molar-refractivity contribution in [2.24, 2.45) is 0 Å². The van der Waals surface area contributed by atoms with Crippen LogP contribution < -0.4 is 5.32 Å². The molecule has 2 nitrogen and oxygen atoms in total. The molecular weight excluding hydrogens is 235 g/mol. The van der Waals surface area contributed by atoms with Gasteiger partial charge in [0, 0.05) is 30.6 Å². The maximum Gasteiger partial charge on any atom is 0.123 e. The van der Waals surface area contributed by atoms with Crippen LogP contribution in [0.15, 0.2) is 35.8 Å². The molecule has 0 radical (unpaired) electrons. The molecule has 0 fully saturated rings. The quantitative estimate of drug-likeness (QED) is 0.881. The maximum absolute atomic E-state index is 13.0. The minimum atomic E-state index is -0.184. The summed E-state index contributed by atoms with van der Waals surface area (Å²) in [5.74, 6) is -0.184. The van der Waals surface area contributed by atoms with E-state index in [4.69, 9.17) is 0 Å². The van der Waals surface area contributed by atoms with Crippen LogP contribution in [0.25, 0.3) is 0 Å². The Morgan fingerprint density at radius 3 is 3.06 bits per heavy atom. The van der Waals surface area contributed by atoms with Gasteiger partial charge in [-0.3, -0.25) is 0 Å². The van der Waals surface area contributed by atoms with Gasteiger partial charge in [0.15, 0.2) is 0 Å². The summed E-state index contributed by atoms with van der Waals surface area (Å²) in [7, 11) is 0. The second-order valence-electron chi connectivity index (χ2n) is 3.91. The Balaban J connectivity index is 1.83. The molecule has 0 bridgehead atoms. The van der Waals surface area contributed by atoms with E-state index >= 15 is 0 Å². The van der Waals surface area contributed by atoms with Crippen LogP contribution in [-0.2, 0) is 6.42 Å². The van der Waals surface area contributed by atoms with Crippen molar-refractivity contribution >= 4 is 11.3 Å². The van der Waals surface area contributed by atoms with E-state index in [0.29, 0.717) is 0 Å². The van der Waals surface area contributed by atoms with Crippen molar-refractivity contribution in [2.45, 2.75) is 19.4 Å². The zero-order valence-corrected chi connectivity index (χ0v) is 10.5. The van der Waals surface area contributed by atoms with E-state index in [9.17, 15) is 4.39 Å². The molecular formula is C13H15FN2S. The molecule has 0 amide bonds. The number of rotatable bonds is 5. The molecule has 1 N–H and O–H groups in total. The summed E-state index contributed by atoms with van der Waals surface area (Å²) in [6, 6.07) is 6.87. The van der Waals surface area contributed by atoms with Gasteiger partial charge in [-0.05, 0) is 24.6 Å². The Hall–Kier alpha value is -1.26. The van der Waals surface area contributed by atoms with Crippen molar-refractivity contribution in [3.8, 4) is 0 Å². The van der Waals surface area contributed by atoms with Crippen molar-refractivity contribution in [1.29, 1.82) is 0 Å². The van der Waals surface area contributed by atoms with Gasteiger partial charge in [-0.2, -0.15) is 0 Å². The second kappa shape index (κ2) is 5.89. The molecule has 1 atom stereocenters. The van der Waals surface area contributed by atoms with E-state index in [-0.39, 0.29) is 11.9 Å². The highest BCUT2D eigenvalue weighted by Crippen LogP contribution is 2.13. The third-order valence-corrected chi connectivity index (χ3v) is 3.46. The lowest BCUT2D eigenvalue weighted by atomic mass is 10.1. The molecule has 0 saturated carbocycles. The summed E-state index contributed by atoms with van der Waals surface area (Å²) in [5.41, 5.74) is 0.976. The number of aromatic nitrogens is 1. The van der Waals surface area contributed by atoms with Gasteiger partial charge in [-0.1, -0.05) is 12.1 Å². The van der Waals surface area contributed by atoms with Gasteiger partial charge < -0.3 is 5.32 Å². The van der Waals surface area contributed by atoms with Gasteiger partial charge in [0.1, 0.15) is 5.82 Å². The van der Waals surface area contributed by atoms with Crippen molar-refractivity contribution in [2.75, 3.05) is 6.54 Å². The predicted molar refractivity (Wildman–Crippen MR) is 68.6 cm³/mol. The highest BCUT2D eigenvalue weighted by molar-refractivity contribution is 7.09. The molecule has 0 saturated heterocycles. The molecule has 4 heteroatoms. The van der Waals surface area contributed by atoms with Crippen molar-refractivity contribution in [3.05, 3.63) is 52.2 Å². The largest absolute Gasteiger partial charge is 0.310 e. The first-order valence-electron chi connectivity index (χ1n) is 5.63. The van der Waals surface area contributed by atoms with Gasteiger partial charge in [-0.15, -0.1) is 11.3 Å². The Labute approximate surface area is 105 Å². The number of hydrogen-bond acceptors (Lipinski definition) is 3. The number of nitrogens with zero attached hydrogens (tertiary/aromatic N) is 1. The molecule has 0 aliphatic heterocycles. The van der Waals surface area contributed by atoms with E-state index in [1.165, 1.54) is 6.07 Å². The summed E-state index contributed by atoms with van der Waals surface area (Å²) >= 11 is 1.66. The second-order valence-corrected chi connectivity index (χ2v) is 4.89. The highest BCUT2D eigenvalue weighted by Gasteiger charge is 2.05. The number of benzene rings is 1. The average Bonchev–Trinajstić information content (AvgIpc) is 2.82. The minimum Gasteiger partial charge on any atom is -0.310 e. The Morgan fingerprint density at radius 1 is 1.47 bits per heavy atom. The van der Waals surface area contributed by atoms with Crippen LogP contribution in [-0.4, -0.2) is 11.5 Å². The number of nitrogens with one attached hydrogen (secondary N) is 1. The normalized spacial score (nSPS) is 12.6. The molecule has 1 aromatic heterocycles. The molecule has 17 heavy (non-hydrogen) atoms. The van der Waals surface area contributed by atoms with Crippen molar-refractivity contribution < 1.29 is 4.39 Å². The monoisotopic (exact) mass is 250 g/mol. The zero-order valence-electron chi connectivity index (χ0n) is 9.69. The summed E-state index contributed by atoms with van der Waals surface area (Å²) in [6.07, 6.45) is 2.73. The van der Waals surface area contributed by atoms with Crippen molar-refractivity contribution in [3.63, 3.8) is 0 Å². The van der Waals surface area contributed by atoms with Crippen LogP contribution in [0.4, 0.5) is 4.39 Å². The van der Waals surface area contributed by atoms with Gasteiger partial charge in [0.05, 0.1) is 5.01 Å². The van der Waals surface area contributed by atoms with E-state index in [2.05, 4.69) is 10.3 Å². The molecule has 1 heterocycles. The van der Waals surface area contributed by atoms with Crippen molar-refractivity contribution in [1.82, 2.24) is 10.3 Å². The molecule has 0 spiro atoms. The highest BCUT2D eigenvalue weighted by atomic mass is 32.1. The topological polar surface area (TPSA) is 24.9 Å². The molecule has 1 aromatic carbocycles. The van der Waals surface area contributed by atoms with E-state index in [1.807, 2.05) is 24.6 Å². The lowest BCUT2D eigenvalue weighted by molar-refractivity contribution is 0.566. The first kappa shape index (κ1) is 12.2. The zero-order chi connectivity index (χ0) is 12.1. The van der Waals surface area contributed by atoms with Gasteiger partial charge in [0.25, 0.3) is 0 Å². The third-order valence-electron chi connectivity index (χ3n) is 2.62. The Kier molecular flexibility index (Phi) is 4.23. The average molecular weight is 250 g/mol. The third kappa shape index (κ3) is 3.61. The fourth-order valence-electron chi connectivity index (χ4n) is 1.67. The standard InChI is InChI=1S/C13H15FN2S/c1-10(11-3-2-4-12(14)9-11)15-6-5-13-16-7-8-17-13/h2-4,7-10,15H,5-6H2,1H3. The molecule has 2 aromatic rings. The van der Waals surface area contributed by atoms with E-state index in [1.54, 1.807) is 23.5 Å². The van der Waals surface area contributed by atoms with Crippen LogP contribution in [0.2, 0.25) is 0 Å². The lowest BCUT2D eigenvalue weighted by Crippen LogP contribution is -2.21. The first-order chi connectivity index (χ1) is 8.25. The molecule has 0 aliphatic rings. The van der Waals surface area contributed by atoms with E-state index in [0.717, 1.165) is 23.5 Å². The van der Waals surface area contributed by atoms with Crippen LogP contribution in [0.3, 0.4) is 0 Å². The fourth-order valence-corrected chi connectivity index (χ4v) is 2.29. The summed E-state index contributed by atoms with van der Waals surface area (Å²) in [6.45, 7) is 2.89. The first-order valence-corrected chi connectivity index (χ1v) is 6.51. The van der Waals surface area contributed by atoms with Gasteiger partial charge in [0.2, 0.25) is 0 Å². The van der Waals surface area contributed by atoms with Gasteiger partial charge in [-0.25, -0.2) is 9.37 Å². The molecule has 1 unspecified atom stereocenters. The number of hydrogen-bond donors (Lipinski definition) is 1.